The van der Waals surface area contributed by atoms with Gasteiger partial charge in [-0.05, 0) is 56.7 Å². The first-order valence-electron chi connectivity index (χ1n) is 8.91. The summed E-state index contributed by atoms with van der Waals surface area (Å²) in [5, 5.41) is 4.43. The number of halogens is 1. The highest BCUT2D eigenvalue weighted by Gasteiger charge is 2.24. The minimum absolute atomic E-state index is 0.181. The van der Waals surface area contributed by atoms with Crippen molar-refractivity contribution in [2.24, 2.45) is 5.92 Å². The lowest BCUT2D eigenvalue weighted by Crippen LogP contribution is -2.41. The largest absolute Gasteiger partial charge is 0.342 e. The maximum atomic E-state index is 12.9. The third-order valence-electron chi connectivity index (χ3n) is 4.81. The molecule has 1 aliphatic heterocycles. The molecule has 1 atom stereocenters. The fourth-order valence-electron chi connectivity index (χ4n) is 3.48. The number of aromatic nitrogens is 3. The van der Waals surface area contributed by atoms with Gasteiger partial charge >= 0.3 is 0 Å². The SMILES string of the molecule is Cc1nc(C)n(CC2CCCN(C(=O)CCc3ccc(F)cc3)C2)n1. The minimum Gasteiger partial charge on any atom is -0.342 e. The van der Waals surface area contributed by atoms with Gasteiger partial charge in [0.1, 0.15) is 17.5 Å². The number of nitrogens with zero attached hydrogens (tertiary/aromatic N) is 4. The average Bonchev–Trinajstić information content (AvgIpc) is 2.91. The smallest absolute Gasteiger partial charge is 0.222 e. The van der Waals surface area contributed by atoms with Gasteiger partial charge in [0.25, 0.3) is 0 Å². The first kappa shape index (κ1) is 17.6. The van der Waals surface area contributed by atoms with Gasteiger partial charge in [-0.25, -0.2) is 14.1 Å². The normalized spacial score (nSPS) is 17.7. The summed E-state index contributed by atoms with van der Waals surface area (Å²) in [5.74, 6) is 2.08. The first-order valence-corrected chi connectivity index (χ1v) is 8.91. The number of piperidine rings is 1. The van der Waals surface area contributed by atoms with Gasteiger partial charge in [0.15, 0.2) is 0 Å². The summed E-state index contributed by atoms with van der Waals surface area (Å²) in [7, 11) is 0. The molecule has 2 heterocycles. The number of hydrogen-bond donors (Lipinski definition) is 0. The Morgan fingerprint density at radius 1 is 1.28 bits per heavy atom. The Bertz CT molecular complexity index is 726. The van der Waals surface area contributed by atoms with Crippen LogP contribution in [-0.2, 0) is 17.8 Å². The molecule has 0 radical (unpaired) electrons. The van der Waals surface area contributed by atoms with Crippen molar-refractivity contribution in [3.05, 3.63) is 47.3 Å². The van der Waals surface area contributed by atoms with Crippen molar-refractivity contribution in [3.63, 3.8) is 0 Å². The van der Waals surface area contributed by atoms with Crippen molar-refractivity contribution in [2.45, 2.75) is 46.1 Å². The Morgan fingerprint density at radius 2 is 2.04 bits per heavy atom. The van der Waals surface area contributed by atoms with E-state index in [1.165, 1.54) is 12.1 Å². The van der Waals surface area contributed by atoms with Crippen molar-refractivity contribution in [3.8, 4) is 0 Å². The van der Waals surface area contributed by atoms with E-state index >= 15 is 0 Å². The van der Waals surface area contributed by atoms with Gasteiger partial charge in [-0.3, -0.25) is 4.79 Å². The highest BCUT2D eigenvalue weighted by molar-refractivity contribution is 5.76. The quantitative estimate of drug-likeness (QED) is 0.838. The Kier molecular flexibility index (Phi) is 5.46. The van der Waals surface area contributed by atoms with E-state index in [-0.39, 0.29) is 11.7 Å². The molecule has 0 N–H and O–H groups in total. The molecule has 25 heavy (non-hydrogen) atoms. The predicted octanol–water partition coefficient (Wildman–Crippen LogP) is 2.91. The van der Waals surface area contributed by atoms with Crippen molar-refractivity contribution < 1.29 is 9.18 Å². The third kappa shape index (κ3) is 4.65. The molecule has 1 aromatic carbocycles. The number of carbonyl (C=O) groups is 1. The van der Waals surface area contributed by atoms with Crippen LogP contribution < -0.4 is 0 Å². The van der Waals surface area contributed by atoms with Gasteiger partial charge in [-0.2, -0.15) is 5.10 Å². The molecule has 3 rings (SSSR count). The van der Waals surface area contributed by atoms with Crippen LogP contribution in [0.15, 0.2) is 24.3 Å². The minimum atomic E-state index is -0.243. The molecule has 1 amide bonds. The summed E-state index contributed by atoms with van der Waals surface area (Å²) >= 11 is 0. The van der Waals surface area contributed by atoms with Gasteiger partial charge in [0, 0.05) is 26.1 Å². The molecular formula is C19H25FN4O. The van der Waals surface area contributed by atoms with Crippen molar-refractivity contribution in [2.75, 3.05) is 13.1 Å². The lowest BCUT2D eigenvalue weighted by molar-refractivity contribution is -0.133. The molecule has 2 aromatic rings. The van der Waals surface area contributed by atoms with E-state index in [4.69, 9.17) is 0 Å². The summed E-state index contributed by atoms with van der Waals surface area (Å²) in [6.45, 7) is 6.28. The van der Waals surface area contributed by atoms with Crippen LogP contribution in [0.2, 0.25) is 0 Å². The average molecular weight is 344 g/mol. The molecule has 5 nitrogen and oxygen atoms in total. The number of hydrogen-bond acceptors (Lipinski definition) is 3. The zero-order valence-corrected chi connectivity index (χ0v) is 14.9. The molecule has 0 bridgehead atoms. The second-order valence-corrected chi connectivity index (χ2v) is 6.86. The van der Waals surface area contributed by atoms with Crippen LogP contribution in [0.5, 0.6) is 0 Å². The Hall–Kier alpha value is -2.24. The molecule has 134 valence electrons. The Morgan fingerprint density at radius 3 is 2.72 bits per heavy atom. The van der Waals surface area contributed by atoms with E-state index in [1.807, 2.05) is 23.4 Å². The van der Waals surface area contributed by atoms with Crippen molar-refractivity contribution in [1.82, 2.24) is 19.7 Å². The van der Waals surface area contributed by atoms with E-state index in [9.17, 15) is 9.18 Å². The van der Waals surface area contributed by atoms with Gasteiger partial charge < -0.3 is 4.90 Å². The van der Waals surface area contributed by atoms with Crippen LogP contribution in [0.1, 0.15) is 36.5 Å². The van der Waals surface area contributed by atoms with Crippen molar-refractivity contribution >= 4 is 5.91 Å². The summed E-state index contributed by atoms with van der Waals surface area (Å²) in [6.07, 6.45) is 3.27. The number of carbonyl (C=O) groups excluding carboxylic acids is 1. The van der Waals surface area contributed by atoms with E-state index in [0.29, 0.717) is 18.8 Å². The standard InChI is InChI=1S/C19H25FN4O/c1-14-21-15(2)24(22-14)13-17-4-3-11-23(12-17)19(25)10-7-16-5-8-18(20)9-6-16/h5-6,8-9,17H,3-4,7,10-13H2,1-2H3. The van der Waals surface area contributed by atoms with Gasteiger partial charge in [-0.1, -0.05) is 12.1 Å². The van der Waals surface area contributed by atoms with E-state index < -0.39 is 0 Å². The zero-order chi connectivity index (χ0) is 17.8. The van der Waals surface area contributed by atoms with E-state index in [2.05, 4.69) is 10.1 Å². The van der Waals surface area contributed by atoms with Gasteiger partial charge in [0.2, 0.25) is 5.91 Å². The van der Waals surface area contributed by atoms with Gasteiger partial charge in [0.05, 0.1) is 0 Å². The van der Waals surface area contributed by atoms with Crippen LogP contribution in [-0.4, -0.2) is 38.7 Å². The Balaban J connectivity index is 1.52. The lowest BCUT2D eigenvalue weighted by atomic mass is 9.97. The lowest BCUT2D eigenvalue weighted by Gasteiger charge is -2.33. The number of likely N-dealkylation sites (tertiary alicyclic amines) is 1. The second kappa shape index (κ2) is 7.76. The summed E-state index contributed by atoms with van der Waals surface area (Å²) in [4.78, 5) is 18.8. The highest BCUT2D eigenvalue weighted by Crippen LogP contribution is 2.20. The predicted molar refractivity (Wildman–Crippen MR) is 93.5 cm³/mol. The Labute approximate surface area is 147 Å². The molecule has 0 aliphatic carbocycles. The third-order valence-corrected chi connectivity index (χ3v) is 4.81. The topological polar surface area (TPSA) is 51.0 Å². The first-order chi connectivity index (χ1) is 12.0. The highest BCUT2D eigenvalue weighted by atomic mass is 19.1. The molecular weight excluding hydrogens is 319 g/mol. The van der Waals surface area contributed by atoms with Crippen LogP contribution in [0.3, 0.4) is 0 Å². The molecule has 0 spiro atoms. The fourth-order valence-corrected chi connectivity index (χ4v) is 3.48. The van der Waals surface area contributed by atoms with Gasteiger partial charge in [-0.15, -0.1) is 0 Å². The van der Waals surface area contributed by atoms with Crippen LogP contribution in [0.4, 0.5) is 4.39 Å². The monoisotopic (exact) mass is 344 g/mol. The number of aryl methyl sites for hydroxylation is 3. The molecule has 1 aliphatic rings. The molecule has 1 fully saturated rings. The maximum Gasteiger partial charge on any atom is 0.222 e. The van der Waals surface area contributed by atoms with Crippen molar-refractivity contribution in [1.29, 1.82) is 0 Å². The summed E-state index contributed by atoms with van der Waals surface area (Å²) in [6, 6.07) is 6.38. The van der Waals surface area contributed by atoms with Crippen LogP contribution in [0.25, 0.3) is 0 Å². The maximum absolute atomic E-state index is 12.9. The van der Waals surface area contributed by atoms with E-state index in [0.717, 1.165) is 49.7 Å². The fraction of sp³-hybridized carbons (Fsp3) is 0.526. The second-order valence-electron chi connectivity index (χ2n) is 6.86. The summed E-state index contributed by atoms with van der Waals surface area (Å²) in [5.41, 5.74) is 0.997. The molecule has 1 saturated heterocycles. The van der Waals surface area contributed by atoms with Crippen LogP contribution >= 0.6 is 0 Å². The number of rotatable bonds is 5. The van der Waals surface area contributed by atoms with Crippen LogP contribution in [0, 0.1) is 25.6 Å². The molecule has 1 unspecified atom stereocenters. The number of benzene rings is 1. The van der Waals surface area contributed by atoms with E-state index in [1.54, 1.807) is 12.1 Å². The zero-order valence-electron chi connectivity index (χ0n) is 14.9. The molecule has 0 saturated carbocycles. The molecule has 6 heteroatoms. The molecule has 1 aromatic heterocycles. The summed E-state index contributed by atoms with van der Waals surface area (Å²) < 4.78 is 14.9. The number of amides is 1.